The van der Waals surface area contributed by atoms with Gasteiger partial charge in [0.05, 0.1) is 0 Å². The SMILES string of the molecule is CCc1cc(O)nc(F)c1. The van der Waals surface area contributed by atoms with Crippen molar-refractivity contribution >= 4 is 0 Å². The fraction of sp³-hybridized carbons (Fsp3) is 0.286. The van der Waals surface area contributed by atoms with Crippen molar-refractivity contribution in [1.82, 2.24) is 4.98 Å². The fourth-order valence-electron chi connectivity index (χ4n) is 0.739. The van der Waals surface area contributed by atoms with E-state index in [4.69, 9.17) is 5.11 Å². The summed E-state index contributed by atoms with van der Waals surface area (Å²) < 4.78 is 12.3. The minimum Gasteiger partial charge on any atom is -0.493 e. The molecule has 0 aliphatic carbocycles. The van der Waals surface area contributed by atoms with E-state index in [0.29, 0.717) is 6.42 Å². The van der Waals surface area contributed by atoms with Crippen LogP contribution in [0.4, 0.5) is 4.39 Å². The molecule has 10 heavy (non-hydrogen) atoms. The molecule has 0 aliphatic rings. The smallest absolute Gasteiger partial charge is 0.216 e. The highest BCUT2D eigenvalue weighted by molar-refractivity contribution is 5.19. The van der Waals surface area contributed by atoms with E-state index in [2.05, 4.69) is 4.98 Å². The number of rotatable bonds is 1. The highest BCUT2D eigenvalue weighted by Crippen LogP contribution is 2.09. The van der Waals surface area contributed by atoms with Gasteiger partial charge in [-0.05, 0) is 18.1 Å². The molecule has 1 heterocycles. The zero-order valence-electron chi connectivity index (χ0n) is 5.63. The summed E-state index contributed by atoms with van der Waals surface area (Å²) in [6, 6.07) is 2.75. The van der Waals surface area contributed by atoms with Crippen LogP contribution in [0, 0.1) is 5.95 Å². The van der Waals surface area contributed by atoms with Gasteiger partial charge in [-0.15, -0.1) is 0 Å². The first-order chi connectivity index (χ1) is 4.72. The largest absolute Gasteiger partial charge is 0.493 e. The molecule has 0 radical (unpaired) electrons. The van der Waals surface area contributed by atoms with Gasteiger partial charge < -0.3 is 5.11 Å². The zero-order valence-corrected chi connectivity index (χ0v) is 5.63. The van der Waals surface area contributed by atoms with Crippen molar-refractivity contribution in [3.05, 3.63) is 23.6 Å². The fourth-order valence-corrected chi connectivity index (χ4v) is 0.739. The maximum Gasteiger partial charge on any atom is 0.216 e. The van der Waals surface area contributed by atoms with Gasteiger partial charge in [0.15, 0.2) is 0 Å². The molecule has 54 valence electrons. The predicted molar refractivity (Wildman–Crippen MR) is 35.2 cm³/mol. The van der Waals surface area contributed by atoms with E-state index in [9.17, 15) is 4.39 Å². The number of halogens is 1. The summed E-state index contributed by atoms with van der Waals surface area (Å²) in [6.07, 6.45) is 0.701. The van der Waals surface area contributed by atoms with Crippen LogP contribution in [0.1, 0.15) is 12.5 Å². The van der Waals surface area contributed by atoms with Gasteiger partial charge in [0.2, 0.25) is 11.8 Å². The summed E-state index contributed by atoms with van der Waals surface area (Å²) in [4.78, 5) is 3.17. The van der Waals surface area contributed by atoms with Crippen molar-refractivity contribution in [3.8, 4) is 5.88 Å². The van der Waals surface area contributed by atoms with Gasteiger partial charge in [-0.25, -0.2) is 0 Å². The molecule has 0 aliphatic heterocycles. The van der Waals surface area contributed by atoms with Gasteiger partial charge >= 0.3 is 0 Å². The molecule has 1 N–H and O–H groups in total. The summed E-state index contributed by atoms with van der Waals surface area (Å²) in [5.41, 5.74) is 0.755. The molecule has 0 bridgehead atoms. The molecule has 1 rings (SSSR count). The van der Waals surface area contributed by atoms with Gasteiger partial charge in [0.1, 0.15) is 0 Å². The van der Waals surface area contributed by atoms with Crippen LogP contribution in [0.3, 0.4) is 0 Å². The van der Waals surface area contributed by atoms with Crippen molar-refractivity contribution in [2.75, 3.05) is 0 Å². The van der Waals surface area contributed by atoms with Crippen molar-refractivity contribution in [2.45, 2.75) is 13.3 Å². The second-order valence-electron chi connectivity index (χ2n) is 2.01. The minimum atomic E-state index is -0.628. The molecule has 0 saturated heterocycles. The first-order valence-electron chi connectivity index (χ1n) is 3.08. The summed E-state index contributed by atoms with van der Waals surface area (Å²) >= 11 is 0. The Bertz CT molecular complexity index is 217. The molecule has 0 amide bonds. The van der Waals surface area contributed by atoms with Crippen molar-refractivity contribution in [1.29, 1.82) is 0 Å². The lowest BCUT2D eigenvalue weighted by atomic mass is 10.2. The van der Waals surface area contributed by atoms with Crippen molar-refractivity contribution in [2.24, 2.45) is 0 Å². The maximum absolute atomic E-state index is 12.3. The molecule has 0 aromatic carbocycles. The number of hydrogen-bond acceptors (Lipinski definition) is 2. The lowest BCUT2D eigenvalue weighted by Crippen LogP contribution is -1.86. The summed E-state index contributed by atoms with van der Waals surface area (Å²) in [6.45, 7) is 1.88. The zero-order chi connectivity index (χ0) is 7.56. The van der Waals surface area contributed by atoms with E-state index in [1.54, 1.807) is 0 Å². The number of aromatic nitrogens is 1. The molecule has 0 spiro atoms. The molecule has 1 aromatic rings. The van der Waals surface area contributed by atoms with Gasteiger partial charge in [0.25, 0.3) is 0 Å². The lowest BCUT2D eigenvalue weighted by molar-refractivity contribution is 0.434. The molecule has 0 fully saturated rings. The van der Waals surface area contributed by atoms with Crippen LogP contribution in [0.5, 0.6) is 5.88 Å². The van der Waals surface area contributed by atoms with E-state index in [-0.39, 0.29) is 5.88 Å². The molecular formula is C7H8FNO. The number of nitrogens with zero attached hydrogens (tertiary/aromatic N) is 1. The lowest BCUT2D eigenvalue weighted by Gasteiger charge is -1.95. The molecule has 0 unspecified atom stereocenters. The third kappa shape index (κ3) is 1.43. The summed E-state index contributed by atoms with van der Waals surface area (Å²) in [5, 5.41) is 8.77. The Hall–Kier alpha value is -1.12. The maximum atomic E-state index is 12.3. The minimum absolute atomic E-state index is 0.253. The predicted octanol–water partition coefficient (Wildman–Crippen LogP) is 1.49. The van der Waals surface area contributed by atoms with E-state index in [1.807, 2.05) is 6.92 Å². The quantitative estimate of drug-likeness (QED) is 0.601. The van der Waals surface area contributed by atoms with Crippen molar-refractivity contribution in [3.63, 3.8) is 0 Å². The third-order valence-corrected chi connectivity index (χ3v) is 1.25. The van der Waals surface area contributed by atoms with Crippen LogP contribution in [-0.4, -0.2) is 10.1 Å². The first kappa shape index (κ1) is 6.99. The van der Waals surface area contributed by atoms with Gasteiger partial charge in [-0.2, -0.15) is 9.37 Å². The van der Waals surface area contributed by atoms with Crippen LogP contribution in [0.25, 0.3) is 0 Å². The van der Waals surface area contributed by atoms with Crippen LogP contribution < -0.4 is 0 Å². The average molecular weight is 141 g/mol. The van der Waals surface area contributed by atoms with Gasteiger partial charge in [-0.1, -0.05) is 6.92 Å². The van der Waals surface area contributed by atoms with Crippen LogP contribution in [0.15, 0.2) is 12.1 Å². The molecule has 0 atom stereocenters. The summed E-state index contributed by atoms with van der Waals surface area (Å²) in [7, 11) is 0. The first-order valence-corrected chi connectivity index (χ1v) is 3.08. The Morgan fingerprint density at radius 3 is 2.80 bits per heavy atom. The van der Waals surface area contributed by atoms with Crippen molar-refractivity contribution < 1.29 is 9.50 Å². The molecule has 3 heteroatoms. The van der Waals surface area contributed by atoms with Gasteiger partial charge in [-0.3, -0.25) is 0 Å². The Labute approximate surface area is 58.3 Å². The molecule has 1 aromatic heterocycles. The highest BCUT2D eigenvalue weighted by Gasteiger charge is 1.97. The second-order valence-corrected chi connectivity index (χ2v) is 2.01. The van der Waals surface area contributed by atoms with Crippen LogP contribution in [0.2, 0.25) is 0 Å². The average Bonchev–Trinajstić information content (AvgIpc) is 1.85. The normalized spacial score (nSPS) is 9.80. The highest BCUT2D eigenvalue weighted by atomic mass is 19.1. The molecule has 0 saturated carbocycles. The number of aryl methyl sites for hydroxylation is 1. The Kier molecular flexibility index (Phi) is 1.85. The molecule has 2 nitrogen and oxygen atoms in total. The third-order valence-electron chi connectivity index (χ3n) is 1.25. The number of pyridine rings is 1. The van der Waals surface area contributed by atoms with Crippen LogP contribution >= 0.6 is 0 Å². The standard InChI is InChI=1S/C7H8FNO/c1-2-5-3-6(8)9-7(10)4-5/h3-4H,2H2,1H3,(H,9,10). The van der Waals surface area contributed by atoms with E-state index < -0.39 is 5.95 Å². The Morgan fingerprint density at radius 1 is 1.60 bits per heavy atom. The summed E-state index contributed by atoms with van der Waals surface area (Å²) in [5.74, 6) is -0.881. The van der Waals surface area contributed by atoms with E-state index in [1.165, 1.54) is 12.1 Å². The Morgan fingerprint density at radius 2 is 2.30 bits per heavy atom. The second kappa shape index (κ2) is 2.64. The van der Waals surface area contributed by atoms with Gasteiger partial charge in [0, 0.05) is 6.07 Å². The van der Waals surface area contributed by atoms with E-state index >= 15 is 0 Å². The monoisotopic (exact) mass is 141 g/mol. The topological polar surface area (TPSA) is 33.1 Å². The number of hydrogen-bond donors (Lipinski definition) is 1. The van der Waals surface area contributed by atoms with Crippen LogP contribution in [-0.2, 0) is 6.42 Å². The van der Waals surface area contributed by atoms with E-state index in [0.717, 1.165) is 5.56 Å². The Balaban J connectivity index is 3.06. The number of aromatic hydroxyl groups is 1. The molecular weight excluding hydrogens is 133 g/mol.